The highest BCUT2D eigenvalue weighted by atomic mass is 16.5. The van der Waals surface area contributed by atoms with Crippen LogP contribution in [0.25, 0.3) is 6.08 Å². The van der Waals surface area contributed by atoms with Gasteiger partial charge in [0.1, 0.15) is 6.04 Å². The van der Waals surface area contributed by atoms with E-state index >= 15 is 0 Å². The highest BCUT2D eigenvalue weighted by Crippen LogP contribution is 2.25. The van der Waals surface area contributed by atoms with Crippen LogP contribution < -0.4 is 10.6 Å². The van der Waals surface area contributed by atoms with Gasteiger partial charge in [0, 0.05) is 36.1 Å². The van der Waals surface area contributed by atoms with E-state index in [1.165, 1.54) is 6.08 Å². The quantitative estimate of drug-likeness (QED) is 0.589. The molecule has 0 radical (unpaired) electrons. The van der Waals surface area contributed by atoms with E-state index in [9.17, 15) is 14.4 Å². The molecule has 1 saturated heterocycles. The van der Waals surface area contributed by atoms with Gasteiger partial charge in [-0.15, -0.1) is 0 Å². The lowest BCUT2D eigenvalue weighted by atomic mass is 10.1. The molecule has 2 rings (SSSR count). The van der Waals surface area contributed by atoms with Gasteiger partial charge >= 0.3 is 5.97 Å². The van der Waals surface area contributed by atoms with Crippen LogP contribution in [0.2, 0.25) is 0 Å². The van der Waals surface area contributed by atoms with Gasteiger partial charge in [-0.1, -0.05) is 0 Å². The number of aromatic nitrogens is 1. The molecule has 7 heteroatoms. The molecule has 1 aromatic heterocycles. The minimum Gasteiger partial charge on any atom is -0.462 e. The van der Waals surface area contributed by atoms with E-state index in [0.717, 1.165) is 24.2 Å². The van der Waals surface area contributed by atoms with E-state index in [-0.39, 0.29) is 18.4 Å². The molecule has 148 valence electrons. The summed E-state index contributed by atoms with van der Waals surface area (Å²) in [5, 5.41) is 5.54. The fourth-order valence-electron chi connectivity index (χ4n) is 3.50. The molecular weight excluding hydrogens is 346 g/mol. The zero-order valence-corrected chi connectivity index (χ0v) is 16.6. The van der Waals surface area contributed by atoms with Crippen molar-refractivity contribution in [1.29, 1.82) is 0 Å². The van der Waals surface area contributed by atoms with Crippen LogP contribution in [0.4, 0.5) is 0 Å². The number of hydrogen-bond donors (Lipinski definition) is 2. The average Bonchev–Trinajstić information content (AvgIpc) is 2.73. The maximum absolute atomic E-state index is 12.4. The smallest absolute Gasteiger partial charge is 0.340 e. The Morgan fingerprint density at radius 1 is 1.26 bits per heavy atom. The molecule has 1 unspecified atom stereocenters. The molecule has 2 heterocycles. The van der Waals surface area contributed by atoms with Crippen molar-refractivity contribution in [3.63, 3.8) is 0 Å². The summed E-state index contributed by atoms with van der Waals surface area (Å²) in [6, 6.07) is -0.516. The van der Waals surface area contributed by atoms with Gasteiger partial charge in [0.25, 0.3) is 0 Å². The number of nitrogens with zero attached hydrogens (tertiary/aromatic N) is 1. The van der Waals surface area contributed by atoms with E-state index in [1.54, 1.807) is 13.0 Å². The van der Waals surface area contributed by atoms with Gasteiger partial charge in [0.15, 0.2) is 0 Å². The molecule has 2 N–H and O–H groups in total. The topological polar surface area (TPSA) is 89.4 Å². The second-order valence-electron chi connectivity index (χ2n) is 6.61. The molecule has 0 bridgehead atoms. The predicted molar refractivity (Wildman–Crippen MR) is 103 cm³/mol. The minimum atomic E-state index is -0.516. The van der Waals surface area contributed by atoms with Crippen LogP contribution in [0, 0.1) is 13.8 Å². The SMILES string of the molecule is CCOC(=O)c1c(C=CC(=O)NC2CCCCNC2=O)c(C)n(CC)c1C. The summed E-state index contributed by atoms with van der Waals surface area (Å²) in [5.41, 5.74) is 2.87. The van der Waals surface area contributed by atoms with Gasteiger partial charge in [-0.3, -0.25) is 9.59 Å². The lowest BCUT2D eigenvalue weighted by molar-refractivity contribution is -0.126. The molecule has 1 atom stereocenters. The largest absolute Gasteiger partial charge is 0.462 e. The molecule has 1 fully saturated rings. The molecule has 2 amide bonds. The molecular formula is C20H29N3O4. The number of esters is 1. The van der Waals surface area contributed by atoms with Gasteiger partial charge in [-0.2, -0.15) is 0 Å². The fraction of sp³-hybridized carbons (Fsp3) is 0.550. The van der Waals surface area contributed by atoms with Crippen molar-refractivity contribution >= 4 is 23.9 Å². The molecule has 0 saturated carbocycles. The summed E-state index contributed by atoms with van der Waals surface area (Å²) in [5.74, 6) is -0.896. The van der Waals surface area contributed by atoms with Crippen LogP contribution >= 0.6 is 0 Å². The first-order chi connectivity index (χ1) is 12.9. The van der Waals surface area contributed by atoms with Gasteiger partial charge in [-0.25, -0.2) is 4.79 Å². The zero-order chi connectivity index (χ0) is 20.0. The lowest BCUT2D eigenvalue weighted by Gasteiger charge is -2.13. The minimum absolute atomic E-state index is 0.148. The van der Waals surface area contributed by atoms with Crippen molar-refractivity contribution in [2.24, 2.45) is 0 Å². The van der Waals surface area contributed by atoms with E-state index in [2.05, 4.69) is 10.6 Å². The predicted octanol–water partition coefficient (Wildman–Crippen LogP) is 2.10. The third kappa shape index (κ3) is 4.78. The van der Waals surface area contributed by atoms with Crippen molar-refractivity contribution in [3.05, 3.63) is 28.6 Å². The van der Waals surface area contributed by atoms with Crippen LogP contribution in [-0.4, -0.2) is 41.5 Å². The van der Waals surface area contributed by atoms with Gasteiger partial charge in [0.05, 0.1) is 12.2 Å². The summed E-state index contributed by atoms with van der Waals surface area (Å²) in [6.07, 6.45) is 5.44. The molecule has 0 aliphatic carbocycles. The summed E-state index contributed by atoms with van der Waals surface area (Å²) >= 11 is 0. The van der Waals surface area contributed by atoms with Crippen LogP contribution in [0.5, 0.6) is 0 Å². The Balaban J connectivity index is 2.23. The third-order valence-corrected chi connectivity index (χ3v) is 4.88. The number of amides is 2. The van der Waals surface area contributed by atoms with Crippen molar-refractivity contribution in [3.8, 4) is 0 Å². The second kappa shape index (κ2) is 9.39. The molecule has 0 aromatic carbocycles. The van der Waals surface area contributed by atoms with Crippen LogP contribution in [0.15, 0.2) is 6.08 Å². The van der Waals surface area contributed by atoms with Crippen molar-refractivity contribution in [2.45, 2.75) is 59.5 Å². The second-order valence-corrected chi connectivity index (χ2v) is 6.61. The fourth-order valence-corrected chi connectivity index (χ4v) is 3.50. The number of rotatable bonds is 6. The van der Waals surface area contributed by atoms with Crippen LogP contribution in [-0.2, 0) is 20.9 Å². The van der Waals surface area contributed by atoms with Gasteiger partial charge in [0.2, 0.25) is 11.8 Å². The average molecular weight is 375 g/mol. The van der Waals surface area contributed by atoms with Crippen LogP contribution in [0.3, 0.4) is 0 Å². The Hall–Kier alpha value is -2.57. The Labute approximate surface area is 160 Å². The molecule has 1 aromatic rings. The first kappa shape index (κ1) is 20.7. The number of carbonyl (C=O) groups is 3. The van der Waals surface area contributed by atoms with E-state index < -0.39 is 12.0 Å². The molecule has 0 spiro atoms. The maximum Gasteiger partial charge on any atom is 0.340 e. The number of carbonyl (C=O) groups excluding carboxylic acids is 3. The number of nitrogens with one attached hydrogen (secondary N) is 2. The van der Waals surface area contributed by atoms with E-state index in [4.69, 9.17) is 4.74 Å². The van der Waals surface area contributed by atoms with Gasteiger partial charge < -0.3 is 19.9 Å². The molecule has 1 aliphatic rings. The molecule has 27 heavy (non-hydrogen) atoms. The number of hydrogen-bond acceptors (Lipinski definition) is 4. The number of ether oxygens (including phenoxy) is 1. The summed E-state index contributed by atoms with van der Waals surface area (Å²) in [7, 11) is 0. The zero-order valence-electron chi connectivity index (χ0n) is 16.6. The highest BCUT2D eigenvalue weighted by Gasteiger charge is 2.23. The van der Waals surface area contributed by atoms with Crippen molar-refractivity contribution < 1.29 is 19.1 Å². The Kier molecular flexibility index (Phi) is 7.21. The lowest BCUT2D eigenvalue weighted by Crippen LogP contribution is -2.44. The van der Waals surface area contributed by atoms with Crippen molar-refractivity contribution in [1.82, 2.24) is 15.2 Å². The Morgan fingerprint density at radius 2 is 2.00 bits per heavy atom. The Bertz CT molecular complexity index is 749. The van der Waals surface area contributed by atoms with Gasteiger partial charge in [-0.05, 0) is 53.0 Å². The first-order valence-corrected chi connectivity index (χ1v) is 9.53. The summed E-state index contributed by atoms with van der Waals surface area (Å²) in [6.45, 7) is 9.19. The Morgan fingerprint density at radius 3 is 2.67 bits per heavy atom. The summed E-state index contributed by atoms with van der Waals surface area (Å²) < 4.78 is 7.20. The third-order valence-electron chi connectivity index (χ3n) is 4.88. The maximum atomic E-state index is 12.4. The standard InChI is InChI=1S/C20H29N3O4/c1-5-23-13(3)15(18(14(23)4)20(26)27-6-2)10-11-17(24)22-16-9-7-8-12-21-19(16)25/h10-11,16H,5-9,12H2,1-4H3,(H,21,25)(H,22,24). The summed E-state index contributed by atoms with van der Waals surface area (Å²) in [4.78, 5) is 36.7. The van der Waals surface area contributed by atoms with E-state index in [1.807, 2.05) is 25.3 Å². The van der Waals surface area contributed by atoms with Crippen LogP contribution in [0.1, 0.15) is 60.4 Å². The van der Waals surface area contributed by atoms with Crippen molar-refractivity contribution in [2.75, 3.05) is 13.2 Å². The normalized spacial score (nSPS) is 17.5. The monoisotopic (exact) mass is 375 g/mol. The van der Waals surface area contributed by atoms with E-state index in [0.29, 0.717) is 30.6 Å². The highest BCUT2D eigenvalue weighted by molar-refractivity contribution is 6.00. The molecule has 7 nitrogen and oxygen atoms in total. The first-order valence-electron chi connectivity index (χ1n) is 9.53. The molecule has 1 aliphatic heterocycles.